The van der Waals surface area contributed by atoms with Crippen LogP contribution in [0.2, 0.25) is 0 Å². The van der Waals surface area contributed by atoms with Crippen molar-refractivity contribution in [3.63, 3.8) is 0 Å². The highest BCUT2D eigenvalue weighted by Crippen LogP contribution is 2.41. The number of halogens is 3. The number of allylic oxidation sites excluding steroid dienone is 1. The van der Waals surface area contributed by atoms with E-state index in [1.807, 2.05) is 0 Å². The van der Waals surface area contributed by atoms with Gasteiger partial charge in [-0.3, -0.25) is 19.3 Å². The van der Waals surface area contributed by atoms with Gasteiger partial charge in [0.15, 0.2) is 10.8 Å². The second-order valence-corrected chi connectivity index (χ2v) is 10.2. The summed E-state index contributed by atoms with van der Waals surface area (Å²) < 4.78 is 31.7. The summed E-state index contributed by atoms with van der Waals surface area (Å²) in [5, 5.41) is 32.5. The molecule has 0 spiro atoms. The summed E-state index contributed by atoms with van der Waals surface area (Å²) in [6.45, 7) is 0.604. The summed E-state index contributed by atoms with van der Waals surface area (Å²) in [6.07, 6.45) is 2.11. The molecule has 1 aromatic heterocycles. The molecule has 0 aromatic carbocycles. The normalized spacial score (nSPS) is 21.5. The first-order valence-electron chi connectivity index (χ1n) is 11.1. The van der Waals surface area contributed by atoms with Crippen molar-refractivity contribution in [2.75, 3.05) is 24.6 Å². The van der Waals surface area contributed by atoms with E-state index in [2.05, 4.69) is 21.4 Å². The number of thiazole rings is 1. The number of oxime groups is 1. The first-order chi connectivity index (χ1) is 19.2. The van der Waals surface area contributed by atoms with Crippen LogP contribution >= 0.6 is 23.1 Å². The number of likely N-dealkylation sites (tertiary alicyclic amines) is 1. The van der Waals surface area contributed by atoms with Gasteiger partial charge in [0, 0.05) is 23.3 Å². The standard InChI is InChI=1S/C20H18N6O6S2.C2HF3O2/c1-2-4-25-5-3-9(16(25)28)6-10-7-33-18-13(17(29)26(18)14(10)19(30)31)23-15(27)12(24-32)11-8-34-20(21)22-11;3-2(4,5)1(6)7/h1,6,8,13,18,32H,3-5,7H2,(H2,21,22)(H,23,27)(H,30,31);(H,6,7)/b9-6+,24-12+;/t13-,18-;/m1./s1. The highest BCUT2D eigenvalue weighted by molar-refractivity contribution is 8.00. The molecule has 2 atom stereocenters. The summed E-state index contributed by atoms with van der Waals surface area (Å²) in [7, 11) is 0. The Morgan fingerprint density at radius 2 is 1.98 bits per heavy atom. The summed E-state index contributed by atoms with van der Waals surface area (Å²) in [5.41, 5.74) is 5.68. The maximum absolute atomic E-state index is 12.8. The number of nitrogens with zero attached hydrogens (tertiary/aromatic N) is 4. The van der Waals surface area contributed by atoms with Crippen LogP contribution in [0.5, 0.6) is 0 Å². The molecule has 19 heteroatoms. The van der Waals surface area contributed by atoms with E-state index < -0.39 is 47.1 Å². The lowest BCUT2D eigenvalue weighted by atomic mass is 10.0. The molecule has 3 aliphatic rings. The number of aliphatic carboxylic acids is 2. The molecule has 3 aliphatic heterocycles. The van der Waals surface area contributed by atoms with Crippen molar-refractivity contribution in [3.8, 4) is 12.3 Å². The van der Waals surface area contributed by atoms with E-state index in [-0.39, 0.29) is 34.7 Å². The van der Waals surface area contributed by atoms with E-state index in [0.717, 1.165) is 16.2 Å². The van der Waals surface area contributed by atoms with Crippen molar-refractivity contribution in [3.05, 3.63) is 34.0 Å². The number of nitrogen functional groups attached to an aromatic ring is 1. The maximum atomic E-state index is 12.8. The van der Waals surface area contributed by atoms with Crippen molar-refractivity contribution in [1.82, 2.24) is 20.1 Å². The second kappa shape index (κ2) is 12.3. The second-order valence-electron chi connectivity index (χ2n) is 8.21. The number of carbonyl (C=O) groups excluding carboxylic acids is 3. The van der Waals surface area contributed by atoms with Crippen LogP contribution in [0.3, 0.4) is 0 Å². The number of carboxylic acid groups (broad SMARTS) is 2. The molecule has 2 fully saturated rings. The summed E-state index contributed by atoms with van der Waals surface area (Å²) in [5.74, 6) is -3.22. The molecule has 6 N–H and O–H groups in total. The summed E-state index contributed by atoms with van der Waals surface area (Å²) in [6, 6.07) is -1.03. The van der Waals surface area contributed by atoms with Gasteiger partial charge in [0.05, 0.1) is 6.54 Å². The lowest BCUT2D eigenvalue weighted by Gasteiger charge is -2.49. The molecular weight excluding hydrogens is 597 g/mol. The van der Waals surface area contributed by atoms with Crippen LogP contribution in [0, 0.1) is 12.3 Å². The van der Waals surface area contributed by atoms with Gasteiger partial charge in [-0.25, -0.2) is 14.6 Å². The topological polar surface area (TPSA) is 216 Å². The zero-order valence-electron chi connectivity index (χ0n) is 20.4. The number of thioether (sulfide) groups is 1. The molecule has 0 saturated carbocycles. The minimum atomic E-state index is -5.08. The summed E-state index contributed by atoms with van der Waals surface area (Å²) >= 11 is 2.29. The van der Waals surface area contributed by atoms with E-state index in [1.54, 1.807) is 0 Å². The lowest BCUT2D eigenvalue weighted by Crippen LogP contribution is -2.71. The Kier molecular flexibility index (Phi) is 9.29. The number of carbonyl (C=O) groups is 5. The van der Waals surface area contributed by atoms with Gasteiger partial charge in [0.1, 0.15) is 22.8 Å². The SMILES string of the molecule is C#CCN1CC/C(=C\C2=C(C(=O)O)N3C(=O)[C@@H](NC(=O)/C(=N/O)c4csc(N)n4)[C@H]3SC2)C1=O.O=C(O)C(F)(F)F. The molecule has 4 rings (SSSR count). The number of β-lactam (4-membered cyclic amide) rings is 1. The van der Waals surface area contributed by atoms with Crippen molar-refractivity contribution in [2.45, 2.75) is 24.0 Å². The number of hydrogen-bond acceptors (Lipinski definition) is 11. The predicted molar refractivity (Wildman–Crippen MR) is 136 cm³/mol. The number of aromatic nitrogens is 1. The smallest absolute Gasteiger partial charge is 0.477 e. The number of hydrogen-bond donors (Lipinski definition) is 5. The number of alkyl halides is 3. The highest BCUT2D eigenvalue weighted by atomic mass is 32.2. The van der Waals surface area contributed by atoms with Gasteiger partial charge >= 0.3 is 18.1 Å². The Morgan fingerprint density at radius 1 is 1.32 bits per heavy atom. The summed E-state index contributed by atoms with van der Waals surface area (Å²) in [4.78, 5) is 65.3. The molecule has 1 aromatic rings. The van der Waals surface area contributed by atoms with Crippen LogP contribution in [-0.2, 0) is 24.0 Å². The first-order valence-corrected chi connectivity index (χ1v) is 13.0. The Morgan fingerprint density at radius 3 is 2.49 bits per heavy atom. The number of amides is 3. The predicted octanol–water partition coefficient (Wildman–Crippen LogP) is 0.0674. The molecule has 14 nitrogen and oxygen atoms in total. The molecule has 0 aliphatic carbocycles. The fourth-order valence-corrected chi connectivity index (χ4v) is 5.70. The third-order valence-corrected chi connectivity index (χ3v) is 7.63. The number of rotatable bonds is 6. The third-order valence-electron chi connectivity index (χ3n) is 5.65. The van der Waals surface area contributed by atoms with E-state index in [9.17, 15) is 42.7 Å². The highest BCUT2D eigenvalue weighted by Gasteiger charge is 2.54. The first kappa shape index (κ1) is 31.0. The lowest BCUT2D eigenvalue weighted by molar-refractivity contribution is -0.192. The number of nitrogens with two attached hydrogens (primary N) is 1. The van der Waals surface area contributed by atoms with Crippen molar-refractivity contribution in [2.24, 2.45) is 5.16 Å². The van der Waals surface area contributed by atoms with Gasteiger partial charge in [-0.15, -0.1) is 29.5 Å². The van der Waals surface area contributed by atoms with Gasteiger partial charge in [0.25, 0.3) is 17.7 Å². The Hall–Kier alpha value is -4.57. The van der Waals surface area contributed by atoms with Gasteiger partial charge in [0.2, 0.25) is 0 Å². The van der Waals surface area contributed by atoms with Gasteiger partial charge in [-0.1, -0.05) is 11.1 Å². The number of anilines is 1. The van der Waals surface area contributed by atoms with Crippen LogP contribution in [0.25, 0.3) is 0 Å². The zero-order chi connectivity index (χ0) is 30.6. The molecule has 0 radical (unpaired) electrons. The van der Waals surface area contributed by atoms with Gasteiger partial charge in [-0.05, 0) is 18.1 Å². The van der Waals surface area contributed by atoms with Crippen molar-refractivity contribution < 1.29 is 52.6 Å². The van der Waals surface area contributed by atoms with E-state index in [0.29, 0.717) is 24.1 Å². The molecule has 0 bridgehead atoms. The van der Waals surface area contributed by atoms with Crippen LogP contribution in [-0.4, -0.2) is 102 Å². The number of fused-ring (bicyclic) bond motifs is 1. The largest absolute Gasteiger partial charge is 0.490 e. The van der Waals surface area contributed by atoms with E-state index >= 15 is 0 Å². The van der Waals surface area contributed by atoms with Crippen molar-refractivity contribution >= 4 is 63.6 Å². The molecule has 3 amide bonds. The number of carboxylic acids is 2. The van der Waals surface area contributed by atoms with E-state index in [1.165, 1.54) is 28.1 Å². The molecule has 4 heterocycles. The van der Waals surface area contributed by atoms with Gasteiger partial charge < -0.3 is 31.4 Å². The zero-order valence-corrected chi connectivity index (χ0v) is 22.0. The quantitative estimate of drug-likeness (QED) is 0.0720. The molecule has 2 saturated heterocycles. The fraction of sp³-hybridized carbons (Fsp3) is 0.318. The van der Waals surface area contributed by atoms with Crippen molar-refractivity contribution in [1.29, 1.82) is 0 Å². The Balaban J connectivity index is 0.000000587. The minimum absolute atomic E-state index is 0.0440. The average Bonchev–Trinajstić information content (AvgIpc) is 3.48. The number of terminal acetylenes is 1. The average molecular weight is 617 g/mol. The van der Waals surface area contributed by atoms with Crippen LogP contribution in [0.4, 0.5) is 18.3 Å². The molecule has 41 heavy (non-hydrogen) atoms. The Labute approximate surface area is 236 Å². The minimum Gasteiger partial charge on any atom is -0.477 e. The van der Waals surface area contributed by atoms with Crippen LogP contribution < -0.4 is 11.1 Å². The molecular formula is C22H19F3N6O8S2. The van der Waals surface area contributed by atoms with Crippen LogP contribution in [0.15, 0.2) is 33.5 Å². The Bertz CT molecular complexity index is 1430. The fourth-order valence-electron chi connectivity index (χ4n) is 3.85. The third kappa shape index (κ3) is 6.60. The van der Waals surface area contributed by atoms with Crippen LogP contribution in [0.1, 0.15) is 12.1 Å². The van der Waals surface area contributed by atoms with E-state index in [4.69, 9.17) is 22.1 Å². The monoisotopic (exact) mass is 616 g/mol. The van der Waals surface area contributed by atoms with Gasteiger partial charge in [-0.2, -0.15) is 13.2 Å². The molecule has 218 valence electrons. The number of nitrogens with one attached hydrogen (secondary N) is 1. The molecule has 0 unspecified atom stereocenters. The maximum Gasteiger partial charge on any atom is 0.490 e.